The fraction of sp³-hybridized carbons (Fsp3) is 0.115. The summed E-state index contributed by atoms with van der Waals surface area (Å²) in [4.78, 5) is 42.0. The molecule has 1 heterocycles. The molecule has 19 heteroatoms. The van der Waals surface area contributed by atoms with Gasteiger partial charge in [0.05, 0.1) is 28.0 Å². The molecule has 0 unspecified atom stereocenters. The Labute approximate surface area is 408 Å². The van der Waals surface area contributed by atoms with Gasteiger partial charge in [-0.1, -0.05) is 48.5 Å². The number of urea groups is 2. The van der Waals surface area contributed by atoms with E-state index in [9.17, 15) is 45.4 Å². The van der Waals surface area contributed by atoms with Crippen molar-refractivity contribution in [3.8, 4) is 22.5 Å². The second-order valence-electron chi connectivity index (χ2n) is 16.8. The van der Waals surface area contributed by atoms with Gasteiger partial charge in [0.2, 0.25) is 0 Å². The average Bonchev–Trinajstić information content (AvgIpc) is 3.30. The number of nitrogens with zero attached hydrogens (tertiary/aromatic N) is 1. The number of carbonyl (C=O) groups excluding carboxylic acids is 2. The first-order valence-electron chi connectivity index (χ1n) is 21.7. The summed E-state index contributed by atoms with van der Waals surface area (Å²) in [7, 11) is -9.66. The second kappa shape index (κ2) is 19.2. The third-order valence-corrected chi connectivity index (χ3v) is 13.9. The molecule has 0 saturated carbocycles. The lowest BCUT2D eigenvalue weighted by Gasteiger charge is -2.21. The predicted octanol–water partition coefficient (Wildman–Crippen LogP) is 11.5. The van der Waals surface area contributed by atoms with E-state index in [1.807, 2.05) is 45.0 Å². The summed E-state index contributed by atoms with van der Waals surface area (Å²) in [6.45, 7) is 10.2. The van der Waals surface area contributed by atoms with Crippen LogP contribution in [0.4, 0.5) is 49.4 Å². The van der Waals surface area contributed by atoms with E-state index in [4.69, 9.17) is 9.41 Å². The monoisotopic (exact) mass is 994 g/mol. The molecule has 17 nitrogen and oxygen atoms in total. The molecule has 6 aromatic carbocycles. The number of carboxylic acids is 1. The maximum Gasteiger partial charge on any atom is 0.335 e. The van der Waals surface area contributed by atoms with Crippen LogP contribution in [0.1, 0.15) is 43.7 Å². The number of para-hydroxylation sites is 1. The lowest BCUT2D eigenvalue weighted by atomic mass is 9.93. The highest BCUT2D eigenvalue weighted by Crippen LogP contribution is 2.44. The zero-order valence-corrected chi connectivity index (χ0v) is 40.6. The third-order valence-electron chi connectivity index (χ3n) is 11.9. The Morgan fingerprint density at radius 2 is 1.20 bits per heavy atom. The van der Waals surface area contributed by atoms with Crippen molar-refractivity contribution in [1.29, 1.82) is 0 Å². The molecule has 6 aromatic rings. The molecule has 0 radical (unpaired) electrons. The van der Waals surface area contributed by atoms with Crippen molar-refractivity contribution in [2.24, 2.45) is 4.99 Å². The fourth-order valence-corrected chi connectivity index (χ4v) is 10.5. The summed E-state index contributed by atoms with van der Waals surface area (Å²) in [5.74, 6) is -1.01. The smallest absolute Gasteiger partial charge is 0.335 e. The molecule has 1 aliphatic carbocycles. The lowest BCUT2D eigenvalue weighted by molar-refractivity contribution is 0.0696. The number of aromatic carboxylic acids is 1. The van der Waals surface area contributed by atoms with E-state index >= 15 is 0 Å². The SMILES string of the molecule is Cc1cc(C)c(Nc2ccc3c(-c4ccccc4S(=O)(=O)O)c4cc/c(=N\c5c(C)c(NC(=O)Nc6cccc(C(=O)O)c6)c(C)c(S(=O)(=O)O)c5C)cc-4oc3c2)c(C)c1NC(=O)Nc1ccccc1. The van der Waals surface area contributed by atoms with Gasteiger partial charge >= 0.3 is 18.0 Å². The Balaban J connectivity index is 1.26. The van der Waals surface area contributed by atoms with Crippen LogP contribution >= 0.6 is 0 Å². The topological polar surface area (TPSA) is 266 Å². The first-order valence-corrected chi connectivity index (χ1v) is 24.6. The van der Waals surface area contributed by atoms with Crippen LogP contribution in [0.3, 0.4) is 0 Å². The molecule has 4 amide bonds. The number of benzene rings is 7. The number of hydrogen-bond donors (Lipinski definition) is 8. The summed E-state index contributed by atoms with van der Waals surface area (Å²) >= 11 is 0. The molecular formula is C52H46N6O11S2. The molecule has 8 rings (SSSR count). The molecule has 0 spiro atoms. The van der Waals surface area contributed by atoms with Crippen LogP contribution in [0, 0.1) is 41.5 Å². The maximum absolute atomic E-state index is 13.4. The fourth-order valence-electron chi connectivity index (χ4n) is 8.79. The molecule has 362 valence electrons. The van der Waals surface area contributed by atoms with Crippen LogP contribution in [0.25, 0.3) is 33.4 Å². The van der Waals surface area contributed by atoms with Crippen molar-refractivity contribution < 1.29 is 49.8 Å². The van der Waals surface area contributed by atoms with Crippen LogP contribution in [0.5, 0.6) is 0 Å². The lowest BCUT2D eigenvalue weighted by Crippen LogP contribution is -2.22. The van der Waals surface area contributed by atoms with Crippen LogP contribution < -0.4 is 31.9 Å². The van der Waals surface area contributed by atoms with Crippen molar-refractivity contribution in [3.05, 3.63) is 166 Å². The Bertz CT molecular complexity index is 3780. The molecule has 0 aromatic heterocycles. The summed E-state index contributed by atoms with van der Waals surface area (Å²) in [6.07, 6.45) is 0. The summed E-state index contributed by atoms with van der Waals surface area (Å²) in [5.41, 5.74) is 6.76. The van der Waals surface area contributed by atoms with E-state index in [0.717, 1.165) is 16.7 Å². The standard InChI is InChI=1S/C52H46N6O11S2/c1-27-23-28(2)46(57-51(61)55-34-14-8-7-9-15-34)29(3)45(27)53-36-19-21-38-41(25-36)69-42-26-37(20-22-39(42)44(38)40-17-10-11-18-43(40)70(63,64)65)54-47-30(4)48(32(6)49(31(47)5)71(66,67)68)58-52(62)56-35-16-12-13-33(24-35)50(59)60/h7-26,53H,1-6H3,(H,59,60)(H2,55,57,61)(H2,56,58,62)(H,63,64,65)(H,66,67,68)/b54-37+. The number of fused-ring (bicyclic) bond motifs is 2. The van der Waals surface area contributed by atoms with Crippen molar-refractivity contribution in [1.82, 2.24) is 0 Å². The highest BCUT2D eigenvalue weighted by molar-refractivity contribution is 7.86. The van der Waals surface area contributed by atoms with Gasteiger partial charge in [-0.25, -0.2) is 19.4 Å². The van der Waals surface area contributed by atoms with Gasteiger partial charge in [0.15, 0.2) is 0 Å². The van der Waals surface area contributed by atoms with Crippen LogP contribution in [-0.2, 0) is 20.2 Å². The van der Waals surface area contributed by atoms with E-state index in [2.05, 4.69) is 26.6 Å². The first-order chi connectivity index (χ1) is 33.6. The van der Waals surface area contributed by atoms with Gasteiger partial charge in [-0.05, 0) is 136 Å². The number of rotatable bonds is 11. The number of carboxylic acid groups (broad SMARTS) is 1. The minimum Gasteiger partial charge on any atom is -0.478 e. The van der Waals surface area contributed by atoms with Crippen LogP contribution in [0.2, 0.25) is 0 Å². The van der Waals surface area contributed by atoms with E-state index in [1.165, 1.54) is 50.2 Å². The first kappa shape index (κ1) is 49.1. The van der Waals surface area contributed by atoms with Crippen molar-refractivity contribution in [3.63, 3.8) is 0 Å². The highest BCUT2D eigenvalue weighted by atomic mass is 32.2. The number of anilines is 6. The predicted molar refractivity (Wildman–Crippen MR) is 273 cm³/mol. The highest BCUT2D eigenvalue weighted by Gasteiger charge is 2.27. The molecule has 1 aliphatic heterocycles. The summed E-state index contributed by atoms with van der Waals surface area (Å²) in [6, 6.07) is 31.2. The summed E-state index contributed by atoms with van der Waals surface area (Å²) in [5, 5.41) is 24.6. The van der Waals surface area contributed by atoms with Crippen molar-refractivity contribution in [2.45, 2.75) is 51.3 Å². The Hall–Kier alpha value is -8.36. The molecule has 2 aliphatic rings. The van der Waals surface area contributed by atoms with Gasteiger partial charge in [0, 0.05) is 57.0 Å². The minimum atomic E-state index is -4.91. The van der Waals surface area contributed by atoms with Gasteiger partial charge in [-0.3, -0.25) is 9.11 Å². The average molecular weight is 995 g/mol. The number of amides is 4. The molecule has 0 atom stereocenters. The largest absolute Gasteiger partial charge is 0.478 e. The third kappa shape index (κ3) is 10.2. The quantitative estimate of drug-likeness (QED) is 0.0444. The Morgan fingerprint density at radius 3 is 1.89 bits per heavy atom. The van der Waals surface area contributed by atoms with Gasteiger partial charge in [0.1, 0.15) is 21.1 Å². The second-order valence-corrected chi connectivity index (χ2v) is 19.5. The summed E-state index contributed by atoms with van der Waals surface area (Å²) < 4.78 is 79.1. The number of aryl methyl sites for hydroxylation is 2. The van der Waals surface area contributed by atoms with Gasteiger partial charge < -0.3 is 36.1 Å². The normalized spacial score (nSPS) is 11.9. The van der Waals surface area contributed by atoms with E-state index in [0.29, 0.717) is 44.8 Å². The van der Waals surface area contributed by atoms with E-state index in [1.54, 1.807) is 67.6 Å². The molecule has 0 fully saturated rings. The van der Waals surface area contributed by atoms with Gasteiger partial charge in [-0.2, -0.15) is 16.8 Å². The molecule has 8 N–H and O–H groups in total. The Kier molecular flexibility index (Phi) is 13.3. The van der Waals surface area contributed by atoms with Gasteiger partial charge in [-0.15, -0.1) is 0 Å². The molecule has 71 heavy (non-hydrogen) atoms. The number of nitrogens with one attached hydrogen (secondary N) is 5. The van der Waals surface area contributed by atoms with Crippen LogP contribution in [-0.4, -0.2) is 49.1 Å². The molecule has 0 saturated heterocycles. The number of hydrogen-bond acceptors (Lipinski definition) is 10. The molecule has 0 bridgehead atoms. The van der Waals surface area contributed by atoms with Crippen molar-refractivity contribution in [2.75, 3.05) is 26.6 Å². The van der Waals surface area contributed by atoms with Gasteiger partial charge in [0.25, 0.3) is 20.2 Å². The number of carbonyl (C=O) groups is 3. The van der Waals surface area contributed by atoms with E-state index in [-0.39, 0.29) is 60.9 Å². The zero-order chi connectivity index (χ0) is 51.1. The molecular weight excluding hydrogens is 949 g/mol. The Morgan fingerprint density at radius 1 is 0.549 bits per heavy atom. The minimum absolute atomic E-state index is 0.00636. The van der Waals surface area contributed by atoms with Crippen molar-refractivity contribution >= 4 is 89.0 Å². The maximum atomic E-state index is 13.4. The van der Waals surface area contributed by atoms with E-state index < -0.39 is 43.2 Å². The zero-order valence-electron chi connectivity index (χ0n) is 38.9. The van der Waals surface area contributed by atoms with Crippen LogP contribution in [0.15, 0.2) is 141 Å².